The quantitative estimate of drug-likeness (QED) is 0.423. The maximum atomic E-state index is 13.1. The van der Waals surface area contributed by atoms with Crippen LogP contribution in [0.25, 0.3) is 10.9 Å². The Labute approximate surface area is 175 Å². The van der Waals surface area contributed by atoms with Crippen molar-refractivity contribution in [1.82, 2.24) is 9.97 Å². The predicted octanol–water partition coefficient (Wildman–Crippen LogP) is 5.46. The standard InChI is InChI=1S/C22H16BrFN4O/c23-15-3-1-2-14(10-15)11-21(29)27-18-8-9-20-19(12-18)22(26-13-25-20)28-17-6-4-16(24)5-7-17/h1-10,12-13H,11H2,(H,27,29)(H,25,26,28). The van der Waals surface area contributed by atoms with Crippen LogP contribution in [0.4, 0.5) is 21.6 Å². The minimum atomic E-state index is -0.307. The molecule has 0 aliphatic carbocycles. The van der Waals surface area contributed by atoms with Crippen molar-refractivity contribution in [3.05, 3.63) is 88.9 Å². The van der Waals surface area contributed by atoms with E-state index in [-0.39, 0.29) is 18.1 Å². The van der Waals surface area contributed by atoms with Crippen LogP contribution in [0.15, 0.2) is 77.5 Å². The highest BCUT2D eigenvalue weighted by molar-refractivity contribution is 9.10. The van der Waals surface area contributed by atoms with Crippen molar-refractivity contribution in [3.63, 3.8) is 0 Å². The highest BCUT2D eigenvalue weighted by atomic mass is 79.9. The second-order valence-electron chi connectivity index (χ2n) is 6.44. The van der Waals surface area contributed by atoms with Crippen LogP contribution in [0.3, 0.4) is 0 Å². The van der Waals surface area contributed by atoms with E-state index in [9.17, 15) is 9.18 Å². The number of aromatic nitrogens is 2. The molecule has 0 unspecified atom stereocenters. The Hall–Kier alpha value is -3.32. The van der Waals surface area contributed by atoms with Crippen LogP contribution in [0, 0.1) is 5.82 Å². The van der Waals surface area contributed by atoms with Crippen LogP contribution in [-0.2, 0) is 11.2 Å². The van der Waals surface area contributed by atoms with E-state index in [0.29, 0.717) is 17.2 Å². The molecule has 3 aromatic carbocycles. The van der Waals surface area contributed by atoms with E-state index in [4.69, 9.17) is 0 Å². The van der Waals surface area contributed by atoms with Crippen molar-refractivity contribution in [2.75, 3.05) is 10.6 Å². The fourth-order valence-corrected chi connectivity index (χ4v) is 3.39. The third-order valence-electron chi connectivity index (χ3n) is 4.28. The van der Waals surface area contributed by atoms with E-state index in [2.05, 4.69) is 36.5 Å². The first kappa shape index (κ1) is 19.0. The van der Waals surface area contributed by atoms with Gasteiger partial charge in [-0.1, -0.05) is 28.1 Å². The van der Waals surface area contributed by atoms with Crippen LogP contribution in [0.2, 0.25) is 0 Å². The molecule has 7 heteroatoms. The first-order valence-corrected chi connectivity index (χ1v) is 9.68. The molecule has 4 rings (SSSR count). The zero-order valence-electron chi connectivity index (χ0n) is 15.2. The number of carbonyl (C=O) groups excluding carboxylic acids is 1. The predicted molar refractivity (Wildman–Crippen MR) is 116 cm³/mol. The van der Waals surface area contributed by atoms with Gasteiger partial charge in [0.25, 0.3) is 0 Å². The van der Waals surface area contributed by atoms with Crippen molar-refractivity contribution in [2.45, 2.75) is 6.42 Å². The van der Waals surface area contributed by atoms with Gasteiger partial charge in [-0.25, -0.2) is 14.4 Å². The molecule has 0 atom stereocenters. The van der Waals surface area contributed by atoms with E-state index in [1.54, 1.807) is 18.2 Å². The van der Waals surface area contributed by atoms with E-state index in [0.717, 1.165) is 20.9 Å². The summed E-state index contributed by atoms with van der Waals surface area (Å²) in [5.74, 6) is 0.149. The summed E-state index contributed by atoms with van der Waals surface area (Å²) in [5.41, 5.74) is 3.00. The molecule has 0 aliphatic rings. The number of amides is 1. The normalized spacial score (nSPS) is 10.7. The van der Waals surface area contributed by atoms with Gasteiger partial charge in [-0.15, -0.1) is 0 Å². The number of carbonyl (C=O) groups is 1. The van der Waals surface area contributed by atoms with Gasteiger partial charge in [0.05, 0.1) is 11.9 Å². The van der Waals surface area contributed by atoms with Crippen LogP contribution in [0.5, 0.6) is 0 Å². The Morgan fingerprint density at radius 2 is 1.76 bits per heavy atom. The third kappa shape index (κ3) is 4.75. The molecule has 0 radical (unpaired) electrons. The second kappa shape index (κ2) is 8.36. The van der Waals surface area contributed by atoms with Crippen molar-refractivity contribution in [3.8, 4) is 0 Å². The zero-order valence-corrected chi connectivity index (χ0v) is 16.8. The Bertz CT molecular complexity index is 1180. The summed E-state index contributed by atoms with van der Waals surface area (Å²) in [6.45, 7) is 0. The van der Waals surface area contributed by atoms with Gasteiger partial charge < -0.3 is 10.6 Å². The second-order valence-corrected chi connectivity index (χ2v) is 7.36. The molecule has 2 N–H and O–H groups in total. The summed E-state index contributed by atoms with van der Waals surface area (Å²) in [6, 6.07) is 19.1. The average Bonchev–Trinajstić information content (AvgIpc) is 2.70. The van der Waals surface area contributed by atoms with E-state index in [1.807, 2.05) is 36.4 Å². The van der Waals surface area contributed by atoms with Gasteiger partial charge in [0.2, 0.25) is 5.91 Å². The van der Waals surface area contributed by atoms with Crippen LogP contribution in [0.1, 0.15) is 5.56 Å². The van der Waals surface area contributed by atoms with Gasteiger partial charge >= 0.3 is 0 Å². The Morgan fingerprint density at radius 1 is 0.966 bits per heavy atom. The Morgan fingerprint density at radius 3 is 2.55 bits per heavy atom. The van der Waals surface area contributed by atoms with Crippen LogP contribution in [-0.4, -0.2) is 15.9 Å². The molecule has 144 valence electrons. The molecule has 0 fully saturated rings. The SMILES string of the molecule is O=C(Cc1cccc(Br)c1)Nc1ccc2ncnc(Nc3ccc(F)cc3)c2c1. The van der Waals surface area contributed by atoms with Crippen molar-refractivity contribution >= 4 is 49.9 Å². The Balaban J connectivity index is 1.56. The number of benzene rings is 3. The summed E-state index contributed by atoms with van der Waals surface area (Å²) in [6.07, 6.45) is 1.73. The fraction of sp³-hybridized carbons (Fsp3) is 0.0455. The number of nitrogens with one attached hydrogen (secondary N) is 2. The lowest BCUT2D eigenvalue weighted by molar-refractivity contribution is -0.115. The van der Waals surface area contributed by atoms with Crippen molar-refractivity contribution in [2.24, 2.45) is 0 Å². The molecule has 1 amide bonds. The monoisotopic (exact) mass is 450 g/mol. The molecular formula is C22H16BrFN4O. The molecular weight excluding hydrogens is 435 g/mol. The van der Waals surface area contributed by atoms with E-state index >= 15 is 0 Å². The molecule has 0 saturated carbocycles. The molecule has 5 nitrogen and oxygen atoms in total. The van der Waals surface area contributed by atoms with Crippen LogP contribution >= 0.6 is 15.9 Å². The first-order valence-electron chi connectivity index (χ1n) is 8.88. The lowest BCUT2D eigenvalue weighted by atomic mass is 10.1. The van der Waals surface area contributed by atoms with Gasteiger partial charge in [-0.3, -0.25) is 4.79 Å². The van der Waals surface area contributed by atoms with Gasteiger partial charge in [-0.05, 0) is 60.2 Å². The molecule has 0 bridgehead atoms. The lowest BCUT2D eigenvalue weighted by Gasteiger charge is -2.11. The lowest BCUT2D eigenvalue weighted by Crippen LogP contribution is -2.14. The topological polar surface area (TPSA) is 66.9 Å². The number of anilines is 3. The maximum absolute atomic E-state index is 13.1. The number of halogens is 2. The number of hydrogen-bond acceptors (Lipinski definition) is 4. The summed E-state index contributed by atoms with van der Waals surface area (Å²) >= 11 is 3.41. The van der Waals surface area contributed by atoms with Crippen LogP contribution < -0.4 is 10.6 Å². The molecule has 1 aromatic heterocycles. The molecule has 0 aliphatic heterocycles. The third-order valence-corrected chi connectivity index (χ3v) is 4.77. The minimum absolute atomic E-state index is 0.118. The number of rotatable bonds is 5. The first-order chi connectivity index (χ1) is 14.1. The highest BCUT2D eigenvalue weighted by Crippen LogP contribution is 2.26. The summed E-state index contributed by atoms with van der Waals surface area (Å²) < 4.78 is 14.1. The largest absolute Gasteiger partial charge is 0.340 e. The minimum Gasteiger partial charge on any atom is -0.340 e. The average molecular weight is 451 g/mol. The summed E-state index contributed by atoms with van der Waals surface area (Å²) in [5, 5.41) is 6.83. The summed E-state index contributed by atoms with van der Waals surface area (Å²) in [7, 11) is 0. The highest BCUT2D eigenvalue weighted by Gasteiger charge is 2.09. The van der Waals surface area contributed by atoms with E-state index in [1.165, 1.54) is 18.5 Å². The molecule has 4 aromatic rings. The smallest absolute Gasteiger partial charge is 0.228 e. The zero-order chi connectivity index (χ0) is 20.2. The number of nitrogens with zero attached hydrogens (tertiary/aromatic N) is 2. The van der Waals surface area contributed by atoms with Gasteiger partial charge in [0.15, 0.2) is 0 Å². The van der Waals surface area contributed by atoms with Crippen molar-refractivity contribution in [1.29, 1.82) is 0 Å². The molecule has 0 saturated heterocycles. The Kier molecular flexibility index (Phi) is 5.48. The van der Waals surface area contributed by atoms with E-state index < -0.39 is 0 Å². The molecule has 29 heavy (non-hydrogen) atoms. The van der Waals surface area contributed by atoms with Gasteiger partial charge in [-0.2, -0.15) is 0 Å². The van der Waals surface area contributed by atoms with Gasteiger partial charge in [0.1, 0.15) is 18.0 Å². The number of fused-ring (bicyclic) bond motifs is 1. The molecule has 1 heterocycles. The van der Waals surface area contributed by atoms with Gasteiger partial charge in [0, 0.05) is 21.2 Å². The summed E-state index contributed by atoms with van der Waals surface area (Å²) in [4.78, 5) is 21.0. The fourth-order valence-electron chi connectivity index (χ4n) is 2.94. The number of hydrogen-bond donors (Lipinski definition) is 2. The maximum Gasteiger partial charge on any atom is 0.228 e. The molecule has 0 spiro atoms. The van der Waals surface area contributed by atoms with Crippen molar-refractivity contribution < 1.29 is 9.18 Å².